The molecule has 0 amide bonds. The average molecular weight is 217 g/mol. The number of likely N-dealkylation sites (tertiary alicyclic amines) is 1. The highest BCUT2D eigenvalue weighted by molar-refractivity contribution is 5.33. The van der Waals surface area contributed by atoms with Crippen LogP contribution in [0.15, 0.2) is 18.3 Å². The van der Waals surface area contributed by atoms with Crippen LogP contribution in [-0.2, 0) is 6.42 Å². The topological polar surface area (TPSA) is 42.2 Å². The van der Waals surface area contributed by atoms with E-state index in [2.05, 4.69) is 23.0 Å². The smallest absolute Gasteiger partial charge is 0.0457 e. The molecule has 0 radical (unpaired) electrons. The Bertz CT molecular complexity index is 394. The second-order valence-corrected chi connectivity index (χ2v) is 5.36. The molecule has 2 heterocycles. The minimum atomic E-state index is 0.199. The molecule has 0 saturated carbocycles. The zero-order chi connectivity index (χ0) is 11.2. The molecule has 3 rings (SSSR count). The first-order chi connectivity index (χ1) is 7.71. The second kappa shape index (κ2) is 3.54. The minimum Gasteiger partial charge on any atom is -0.323 e. The van der Waals surface area contributed by atoms with E-state index in [0.29, 0.717) is 5.41 Å². The van der Waals surface area contributed by atoms with Crippen LogP contribution in [0.1, 0.15) is 30.1 Å². The largest absolute Gasteiger partial charge is 0.323 e. The van der Waals surface area contributed by atoms with E-state index in [1.165, 1.54) is 37.2 Å². The van der Waals surface area contributed by atoms with Gasteiger partial charge in [-0.15, -0.1) is 0 Å². The maximum absolute atomic E-state index is 6.44. The molecule has 16 heavy (non-hydrogen) atoms. The molecule has 2 N–H and O–H groups in total. The Morgan fingerprint density at radius 1 is 1.44 bits per heavy atom. The first-order valence-electron chi connectivity index (χ1n) is 6.09. The van der Waals surface area contributed by atoms with Crippen LogP contribution in [0.4, 0.5) is 0 Å². The number of aromatic nitrogens is 1. The van der Waals surface area contributed by atoms with Gasteiger partial charge in [0.05, 0.1) is 0 Å². The van der Waals surface area contributed by atoms with Gasteiger partial charge in [0.2, 0.25) is 0 Å². The van der Waals surface area contributed by atoms with Gasteiger partial charge in [-0.05, 0) is 56.4 Å². The van der Waals surface area contributed by atoms with Crippen LogP contribution in [0, 0.1) is 5.41 Å². The third-order valence-corrected chi connectivity index (χ3v) is 4.42. The van der Waals surface area contributed by atoms with Crippen LogP contribution in [0.5, 0.6) is 0 Å². The number of hydrogen-bond acceptors (Lipinski definition) is 3. The van der Waals surface area contributed by atoms with Crippen molar-refractivity contribution < 1.29 is 0 Å². The fraction of sp³-hybridized carbons (Fsp3) is 0.615. The highest BCUT2D eigenvalue weighted by atomic mass is 15.1. The molecule has 1 spiro atoms. The molecule has 86 valence electrons. The maximum atomic E-state index is 6.44. The minimum absolute atomic E-state index is 0.199. The lowest BCUT2D eigenvalue weighted by Gasteiger charge is -2.40. The van der Waals surface area contributed by atoms with E-state index in [1.54, 1.807) is 0 Å². The molecule has 0 bridgehead atoms. The quantitative estimate of drug-likeness (QED) is 0.713. The molecule has 1 aromatic heterocycles. The van der Waals surface area contributed by atoms with E-state index in [4.69, 9.17) is 5.73 Å². The summed E-state index contributed by atoms with van der Waals surface area (Å²) in [4.78, 5) is 6.88. The van der Waals surface area contributed by atoms with Crippen LogP contribution in [0.25, 0.3) is 0 Å². The number of hydrogen-bond donors (Lipinski definition) is 1. The van der Waals surface area contributed by atoms with Gasteiger partial charge in [0.1, 0.15) is 0 Å². The maximum Gasteiger partial charge on any atom is 0.0457 e. The Morgan fingerprint density at radius 3 is 2.88 bits per heavy atom. The van der Waals surface area contributed by atoms with Crippen LogP contribution < -0.4 is 5.73 Å². The van der Waals surface area contributed by atoms with Gasteiger partial charge in [0.25, 0.3) is 0 Å². The predicted octanol–water partition coefficient (Wildman–Crippen LogP) is 1.35. The Balaban J connectivity index is 1.91. The average Bonchev–Trinajstić information content (AvgIpc) is 2.58. The van der Waals surface area contributed by atoms with Crippen molar-refractivity contribution in [1.29, 1.82) is 0 Å². The number of fused-ring (bicyclic) bond motifs is 1. The van der Waals surface area contributed by atoms with E-state index in [0.717, 1.165) is 6.42 Å². The first-order valence-corrected chi connectivity index (χ1v) is 6.09. The Hall–Kier alpha value is -0.930. The summed E-state index contributed by atoms with van der Waals surface area (Å²) in [6.45, 7) is 2.34. The van der Waals surface area contributed by atoms with E-state index in [1.807, 2.05) is 12.3 Å². The molecule has 0 aromatic carbocycles. The fourth-order valence-corrected chi connectivity index (χ4v) is 3.21. The Morgan fingerprint density at radius 2 is 2.19 bits per heavy atom. The van der Waals surface area contributed by atoms with E-state index in [9.17, 15) is 0 Å². The van der Waals surface area contributed by atoms with E-state index < -0.39 is 0 Å². The number of pyridine rings is 1. The second-order valence-electron chi connectivity index (χ2n) is 5.36. The molecule has 1 aromatic rings. The number of piperidine rings is 1. The normalized spacial score (nSPS) is 28.2. The lowest BCUT2D eigenvalue weighted by molar-refractivity contribution is 0.105. The third-order valence-electron chi connectivity index (χ3n) is 4.42. The van der Waals surface area contributed by atoms with Crippen molar-refractivity contribution in [2.75, 3.05) is 20.1 Å². The van der Waals surface area contributed by atoms with Gasteiger partial charge in [-0.1, -0.05) is 6.07 Å². The zero-order valence-electron chi connectivity index (χ0n) is 9.82. The lowest BCUT2D eigenvalue weighted by Crippen LogP contribution is -2.42. The van der Waals surface area contributed by atoms with Crippen molar-refractivity contribution in [3.8, 4) is 0 Å². The summed E-state index contributed by atoms with van der Waals surface area (Å²) in [5.74, 6) is 0. The van der Waals surface area contributed by atoms with Gasteiger partial charge in [-0.25, -0.2) is 0 Å². The van der Waals surface area contributed by atoms with Crippen LogP contribution in [-0.4, -0.2) is 30.0 Å². The van der Waals surface area contributed by atoms with E-state index in [-0.39, 0.29) is 6.04 Å². The molecular weight excluding hydrogens is 198 g/mol. The summed E-state index contributed by atoms with van der Waals surface area (Å²) in [6.07, 6.45) is 5.39. The summed E-state index contributed by atoms with van der Waals surface area (Å²) < 4.78 is 0. The van der Waals surface area contributed by atoms with Gasteiger partial charge in [-0.2, -0.15) is 0 Å². The lowest BCUT2D eigenvalue weighted by atomic mass is 9.73. The molecular formula is C13H19N3. The van der Waals surface area contributed by atoms with Gasteiger partial charge in [0.15, 0.2) is 0 Å². The number of nitrogens with two attached hydrogens (primary N) is 1. The van der Waals surface area contributed by atoms with E-state index >= 15 is 0 Å². The molecule has 3 nitrogen and oxygen atoms in total. The highest BCUT2D eigenvalue weighted by Gasteiger charge is 2.45. The molecule has 1 saturated heterocycles. The standard InChI is InChI=1S/C13H19N3/c1-16-7-4-13(5-8-16)9-11-10(12(13)14)3-2-6-15-11/h2-3,6,12H,4-5,7-9,14H2,1H3. The monoisotopic (exact) mass is 217 g/mol. The summed E-state index contributed by atoms with van der Waals surface area (Å²) >= 11 is 0. The number of rotatable bonds is 0. The van der Waals surface area contributed by atoms with Gasteiger partial charge >= 0.3 is 0 Å². The van der Waals surface area contributed by atoms with Crippen LogP contribution >= 0.6 is 0 Å². The van der Waals surface area contributed by atoms with Crippen molar-refractivity contribution >= 4 is 0 Å². The SMILES string of the molecule is CN1CCC2(CC1)Cc1ncccc1C2N. The van der Waals surface area contributed by atoms with Crippen LogP contribution in [0.2, 0.25) is 0 Å². The van der Waals surface area contributed by atoms with Crippen LogP contribution in [0.3, 0.4) is 0 Å². The van der Waals surface area contributed by atoms with Gasteiger partial charge in [-0.3, -0.25) is 4.98 Å². The Labute approximate surface area is 96.7 Å². The molecule has 1 aliphatic carbocycles. The molecule has 2 aliphatic rings. The summed E-state index contributed by atoms with van der Waals surface area (Å²) in [6, 6.07) is 4.36. The number of nitrogens with zero attached hydrogens (tertiary/aromatic N) is 2. The summed E-state index contributed by atoms with van der Waals surface area (Å²) in [5, 5.41) is 0. The molecule has 1 atom stereocenters. The van der Waals surface area contributed by atoms with Crippen molar-refractivity contribution in [2.24, 2.45) is 11.1 Å². The molecule has 1 aliphatic heterocycles. The summed E-state index contributed by atoms with van der Waals surface area (Å²) in [5.41, 5.74) is 9.26. The van der Waals surface area contributed by atoms with Gasteiger partial charge < -0.3 is 10.6 Å². The highest BCUT2D eigenvalue weighted by Crippen LogP contribution is 2.49. The fourth-order valence-electron chi connectivity index (χ4n) is 3.21. The summed E-state index contributed by atoms with van der Waals surface area (Å²) in [7, 11) is 2.19. The zero-order valence-corrected chi connectivity index (χ0v) is 9.82. The molecule has 1 fully saturated rings. The third kappa shape index (κ3) is 1.39. The predicted molar refractivity (Wildman–Crippen MR) is 64.0 cm³/mol. The Kier molecular flexibility index (Phi) is 2.26. The van der Waals surface area contributed by atoms with Crippen molar-refractivity contribution in [1.82, 2.24) is 9.88 Å². The molecule has 3 heteroatoms. The van der Waals surface area contributed by atoms with Crippen molar-refractivity contribution in [3.05, 3.63) is 29.6 Å². The van der Waals surface area contributed by atoms with Crippen molar-refractivity contribution in [2.45, 2.75) is 25.3 Å². The first kappa shape index (κ1) is 10.2. The van der Waals surface area contributed by atoms with Gasteiger partial charge in [0, 0.05) is 17.9 Å². The molecule has 1 unspecified atom stereocenters. The van der Waals surface area contributed by atoms with Crippen molar-refractivity contribution in [3.63, 3.8) is 0 Å².